The van der Waals surface area contributed by atoms with Gasteiger partial charge in [-0.3, -0.25) is 4.98 Å². The zero-order valence-corrected chi connectivity index (χ0v) is 11.8. The van der Waals surface area contributed by atoms with Crippen molar-refractivity contribution in [3.05, 3.63) is 39.6 Å². The highest BCUT2D eigenvalue weighted by Gasteiger charge is 2.13. The largest absolute Gasteiger partial charge is 0.309 e. The van der Waals surface area contributed by atoms with Crippen LogP contribution in [0.3, 0.4) is 0 Å². The van der Waals surface area contributed by atoms with Crippen LogP contribution in [-0.2, 0) is 0 Å². The number of hydrogen-bond acceptors (Lipinski definition) is 2. The van der Waals surface area contributed by atoms with Crippen LogP contribution >= 0.6 is 31.9 Å². The second-order valence-corrected chi connectivity index (χ2v) is 4.93. The first-order chi connectivity index (χ1) is 7.19. The lowest BCUT2D eigenvalue weighted by molar-refractivity contribution is 0.543. The van der Waals surface area contributed by atoms with Crippen LogP contribution in [0.5, 0.6) is 0 Å². The zero-order valence-electron chi connectivity index (χ0n) is 8.63. The quantitative estimate of drug-likeness (QED) is 0.828. The predicted octanol–water partition coefficient (Wildman–Crippen LogP) is 3.83. The van der Waals surface area contributed by atoms with E-state index in [1.807, 2.05) is 18.3 Å². The van der Waals surface area contributed by atoms with Gasteiger partial charge in [-0.2, -0.15) is 0 Å². The summed E-state index contributed by atoms with van der Waals surface area (Å²) in [7, 11) is 0. The average molecular weight is 334 g/mol. The van der Waals surface area contributed by atoms with Crippen molar-refractivity contribution in [3.63, 3.8) is 0 Å². The Labute approximate surface area is 107 Å². The van der Waals surface area contributed by atoms with E-state index in [1.165, 1.54) is 0 Å². The third-order valence-corrected chi connectivity index (χ3v) is 3.09. The standard InChI is InChI=1S/C11H14Br2N2/c1-3-5-10(14-4-2)11-9(13)6-8(12)7-15-11/h3,6-7,10,14H,1,4-5H2,2H3. The molecule has 0 saturated carbocycles. The van der Waals surface area contributed by atoms with Crippen molar-refractivity contribution in [2.75, 3.05) is 6.54 Å². The first-order valence-electron chi connectivity index (χ1n) is 4.84. The third-order valence-electron chi connectivity index (χ3n) is 2.02. The Morgan fingerprint density at radius 2 is 2.33 bits per heavy atom. The molecule has 0 spiro atoms. The van der Waals surface area contributed by atoms with E-state index >= 15 is 0 Å². The maximum absolute atomic E-state index is 4.41. The summed E-state index contributed by atoms with van der Waals surface area (Å²) >= 11 is 6.91. The van der Waals surface area contributed by atoms with Gasteiger partial charge in [0, 0.05) is 15.1 Å². The van der Waals surface area contributed by atoms with Gasteiger partial charge in [-0.15, -0.1) is 6.58 Å². The van der Waals surface area contributed by atoms with Gasteiger partial charge >= 0.3 is 0 Å². The summed E-state index contributed by atoms with van der Waals surface area (Å²) in [5.41, 5.74) is 1.03. The van der Waals surface area contributed by atoms with E-state index in [-0.39, 0.29) is 6.04 Å². The summed E-state index contributed by atoms with van der Waals surface area (Å²) in [4.78, 5) is 4.41. The molecule has 0 aliphatic rings. The molecular weight excluding hydrogens is 320 g/mol. The van der Waals surface area contributed by atoms with E-state index in [0.717, 1.165) is 27.6 Å². The Morgan fingerprint density at radius 3 is 2.87 bits per heavy atom. The minimum atomic E-state index is 0.231. The van der Waals surface area contributed by atoms with Crippen molar-refractivity contribution in [2.24, 2.45) is 0 Å². The number of rotatable bonds is 5. The molecule has 1 heterocycles. The topological polar surface area (TPSA) is 24.9 Å². The minimum Gasteiger partial charge on any atom is -0.309 e. The lowest BCUT2D eigenvalue weighted by Crippen LogP contribution is -2.21. The van der Waals surface area contributed by atoms with Gasteiger partial charge in [0.15, 0.2) is 0 Å². The fraction of sp³-hybridized carbons (Fsp3) is 0.364. The van der Waals surface area contributed by atoms with Crippen LogP contribution in [0.1, 0.15) is 25.1 Å². The Hall–Kier alpha value is -0.190. The number of halogens is 2. The average Bonchev–Trinajstić information content (AvgIpc) is 2.17. The molecule has 1 unspecified atom stereocenters. The molecule has 0 aliphatic carbocycles. The molecule has 1 aromatic heterocycles. The van der Waals surface area contributed by atoms with Crippen LogP contribution in [0.25, 0.3) is 0 Å². The van der Waals surface area contributed by atoms with Crippen molar-refractivity contribution >= 4 is 31.9 Å². The summed E-state index contributed by atoms with van der Waals surface area (Å²) in [5, 5.41) is 3.38. The van der Waals surface area contributed by atoms with Crippen LogP contribution in [0.2, 0.25) is 0 Å². The Bertz CT molecular complexity index is 339. The van der Waals surface area contributed by atoms with Crippen molar-refractivity contribution < 1.29 is 0 Å². The Kier molecular flexibility index (Phi) is 5.50. The van der Waals surface area contributed by atoms with Gasteiger partial charge in [0.1, 0.15) is 0 Å². The normalized spacial score (nSPS) is 12.5. The fourth-order valence-electron chi connectivity index (χ4n) is 1.39. The summed E-state index contributed by atoms with van der Waals surface area (Å²) in [6, 6.07) is 2.24. The molecule has 2 nitrogen and oxygen atoms in total. The van der Waals surface area contributed by atoms with Crippen LogP contribution in [0.4, 0.5) is 0 Å². The van der Waals surface area contributed by atoms with E-state index in [1.54, 1.807) is 0 Å². The maximum atomic E-state index is 4.41. The predicted molar refractivity (Wildman–Crippen MR) is 70.9 cm³/mol. The first kappa shape index (κ1) is 12.9. The number of hydrogen-bond donors (Lipinski definition) is 1. The molecule has 82 valence electrons. The highest BCUT2D eigenvalue weighted by atomic mass is 79.9. The van der Waals surface area contributed by atoms with Crippen molar-refractivity contribution in [2.45, 2.75) is 19.4 Å². The van der Waals surface area contributed by atoms with Gasteiger partial charge < -0.3 is 5.32 Å². The van der Waals surface area contributed by atoms with E-state index in [0.29, 0.717) is 0 Å². The fourth-order valence-corrected chi connectivity index (χ4v) is 2.65. The minimum absolute atomic E-state index is 0.231. The van der Waals surface area contributed by atoms with Crippen LogP contribution in [-0.4, -0.2) is 11.5 Å². The van der Waals surface area contributed by atoms with Crippen LogP contribution in [0, 0.1) is 0 Å². The molecule has 1 aromatic rings. The maximum Gasteiger partial charge on any atom is 0.0718 e. The molecular formula is C11H14Br2N2. The van der Waals surface area contributed by atoms with Gasteiger partial charge in [-0.1, -0.05) is 13.0 Å². The highest BCUT2D eigenvalue weighted by molar-refractivity contribution is 9.11. The molecule has 0 saturated heterocycles. The van der Waals surface area contributed by atoms with Crippen LogP contribution < -0.4 is 5.32 Å². The molecule has 1 N–H and O–H groups in total. The lowest BCUT2D eigenvalue weighted by atomic mass is 10.1. The molecule has 0 amide bonds. The second-order valence-electron chi connectivity index (χ2n) is 3.16. The molecule has 15 heavy (non-hydrogen) atoms. The van der Waals surface area contributed by atoms with Gasteiger partial charge in [-0.05, 0) is 50.9 Å². The summed E-state index contributed by atoms with van der Waals surface area (Å²) in [5.74, 6) is 0. The molecule has 1 rings (SSSR count). The van der Waals surface area contributed by atoms with Crippen LogP contribution in [0.15, 0.2) is 33.9 Å². The molecule has 0 fully saturated rings. The molecule has 0 radical (unpaired) electrons. The second kappa shape index (κ2) is 6.40. The molecule has 0 bridgehead atoms. The Balaban J connectivity index is 2.94. The first-order valence-corrected chi connectivity index (χ1v) is 6.42. The van der Waals surface area contributed by atoms with E-state index in [2.05, 4.69) is 55.7 Å². The van der Waals surface area contributed by atoms with Gasteiger partial charge in [0.25, 0.3) is 0 Å². The SMILES string of the molecule is C=CCC(NCC)c1ncc(Br)cc1Br. The molecule has 0 aliphatic heterocycles. The highest BCUT2D eigenvalue weighted by Crippen LogP contribution is 2.26. The number of pyridine rings is 1. The lowest BCUT2D eigenvalue weighted by Gasteiger charge is -2.16. The van der Waals surface area contributed by atoms with E-state index < -0.39 is 0 Å². The van der Waals surface area contributed by atoms with Crippen molar-refractivity contribution in [1.82, 2.24) is 10.3 Å². The molecule has 4 heteroatoms. The third kappa shape index (κ3) is 3.70. The Morgan fingerprint density at radius 1 is 1.60 bits per heavy atom. The number of aromatic nitrogens is 1. The van der Waals surface area contributed by atoms with E-state index in [9.17, 15) is 0 Å². The molecule has 0 aromatic carbocycles. The van der Waals surface area contributed by atoms with Gasteiger partial charge in [0.05, 0.1) is 11.7 Å². The number of nitrogens with zero attached hydrogens (tertiary/aromatic N) is 1. The number of nitrogens with one attached hydrogen (secondary N) is 1. The monoisotopic (exact) mass is 332 g/mol. The molecule has 1 atom stereocenters. The summed E-state index contributed by atoms with van der Waals surface area (Å²) in [6.07, 6.45) is 4.60. The van der Waals surface area contributed by atoms with Crippen molar-refractivity contribution in [3.8, 4) is 0 Å². The van der Waals surface area contributed by atoms with E-state index in [4.69, 9.17) is 0 Å². The summed E-state index contributed by atoms with van der Waals surface area (Å²) < 4.78 is 2.00. The van der Waals surface area contributed by atoms with Gasteiger partial charge in [0.2, 0.25) is 0 Å². The smallest absolute Gasteiger partial charge is 0.0718 e. The van der Waals surface area contributed by atoms with Gasteiger partial charge in [-0.25, -0.2) is 0 Å². The zero-order chi connectivity index (χ0) is 11.3. The summed E-state index contributed by atoms with van der Waals surface area (Å²) in [6.45, 7) is 6.77. The van der Waals surface area contributed by atoms with Crippen molar-refractivity contribution in [1.29, 1.82) is 0 Å².